The molecule has 3 rings (SSSR count). The van der Waals surface area contributed by atoms with Crippen LogP contribution in [0.3, 0.4) is 0 Å². The van der Waals surface area contributed by atoms with E-state index in [1.54, 1.807) is 12.1 Å². The number of hydrogen-bond acceptors (Lipinski definition) is 2. The summed E-state index contributed by atoms with van der Waals surface area (Å²) in [6.07, 6.45) is 0. The fraction of sp³-hybridized carbons (Fsp3) is 0.222. The van der Waals surface area contributed by atoms with Crippen LogP contribution >= 0.6 is 15.9 Å². The summed E-state index contributed by atoms with van der Waals surface area (Å²) in [5.74, 6) is -0.545. The number of nitrogens with zero attached hydrogens (tertiary/aromatic N) is 1. The summed E-state index contributed by atoms with van der Waals surface area (Å²) in [5, 5.41) is 0. The summed E-state index contributed by atoms with van der Waals surface area (Å²) in [4.78, 5) is 26.6. The van der Waals surface area contributed by atoms with Gasteiger partial charge in [0.15, 0.2) is 0 Å². The molecule has 0 fully saturated rings. The van der Waals surface area contributed by atoms with Crippen LogP contribution in [0.2, 0.25) is 0 Å². The van der Waals surface area contributed by atoms with Crippen LogP contribution in [0.15, 0.2) is 46.9 Å². The lowest BCUT2D eigenvalue weighted by Crippen LogP contribution is -2.29. The first kappa shape index (κ1) is 15.0. The van der Waals surface area contributed by atoms with E-state index in [9.17, 15) is 9.59 Å². The molecule has 0 radical (unpaired) electrons. The smallest absolute Gasteiger partial charge is 0.267 e. The van der Waals surface area contributed by atoms with Crippen molar-refractivity contribution in [2.24, 2.45) is 0 Å². The normalized spacial score (nSPS) is 14.5. The fourth-order valence-corrected chi connectivity index (χ4v) is 3.19. The maximum Gasteiger partial charge on any atom is 0.267 e. The zero-order chi connectivity index (χ0) is 16.1. The lowest BCUT2D eigenvalue weighted by Gasteiger charge is -2.20. The van der Waals surface area contributed by atoms with Crippen molar-refractivity contribution in [1.82, 2.24) is 0 Å². The predicted octanol–water partition coefficient (Wildman–Crippen LogP) is 4.55. The first-order valence-corrected chi connectivity index (χ1v) is 7.88. The molecule has 22 heavy (non-hydrogen) atoms. The van der Waals surface area contributed by atoms with Gasteiger partial charge in [-0.1, -0.05) is 39.0 Å². The van der Waals surface area contributed by atoms with Gasteiger partial charge in [0.1, 0.15) is 0 Å². The van der Waals surface area contributed by atoms with Crippen LogP contribution in [0.4, 0.5) is 5.69 Å². The van der Waals surface area contributed by atoms with Crippen LogP contribution in [0.5, 0.6) is 0 Å². The standard InChI is InChI=1S/C18H16BrNO2/c1-18(2,3)11-9-13-15(14(19)10-11)17(22)20(16(13)21)12-7-5-4-6-8-12/h4-10H,1-3H3. The highest BCUT2D eigenvalue weighted by Crippen LogP contribution is 2.36. The SMILES string of the molecule is CC(C)(C)c1cc(Br)c2c(c1)C(=O)N(c1ccccc1)C2=O. The van der Waals surface area contributed by atoms with Gasteiger partial charge in [-0.3, -0.25) is 9.59 Å². The van der Waals surface area contributed by atoms with Crippen molar-refractivity contribution >= 4 is 33.4 Å². The van der Waals surface area contributed by atoms with E-state index in [2.05, 4.69) is 36.7 Å². The second kappa shape index (κ2) is 5.06. The lowest BCUT2D eigenvalue weighted by molar-refractivity contribution is 0.0926. The molecule has 1 heterocycles. The zero-order valence-corrected chi connectivity index (χ0v) is 14.3. The van der Waals surface area contributed by atoms with E-state index >= 15 is 0 Å². The largest absolute Gasteiger partial charge is 0.268 e. The molecule has 1 aliphatic rings. The van der Waals surface area contributed by atoms with Crippen molar-refractivity contribution in [3.05, 3.63) is 63.6 Å². The molecule has 4 heteroatoms. The number of hydrogen-bond donors (Lipinski definition) is 0. The number of para-hydroxylation sites is 1. The third-order valence-electron chi connectivity index (χ3n) is 3.82. The Morgan fingerprint density at radius 3 is 2.18 bits per heavy atom. The van der Waals surface area contributed by atoms with E-state index < -0.39 is 0 Å². The van der Waals surface area contributed by atoms with Crippen LogP contribution in [-0.2, 0) is 5.41 Å². The second-order valence-corrected chi connectivity index (χ2v) is 7.27. The Hall–Kier alpha value is -1.94. The van der Waals surface area contributed by atoms with Gasteiger partial charge in [-0.05, 0) is 51.2 Å². The molecule has 0 spiro atoms. The van der Waals surface area contributed by atoms with Crippen molar-refractivity contribution in [3.63, 3.8) is 0 Å². The molecule has 0 bridgehead atoms. The van der Waals surface area contributed by atoms with Crippen molar-refractivity contribution in [3.8, 4) is 0 Å². The van der Waals surface area contributed by atoms with E-state index in [-0.39, 0.29) is 17.2 Å². The molecule has 0 unspecified atom stereocenters. The van der Waals surface area contributed by atoms with Crippen molar-refractivity contribution < 1.29 is 9.59 Å². The van der Waals surface area contributed by atoms with Gasteiger partial charge in [-0.15, -0.1) is 0 Å². The van der Waals surface area contributed by atoms with Crippen LogP contribution < -0.4 is 4.90 Å². The molecule has 2 aromatic carbocycles. The molecule has 1 aliphatic heterocycles. The number of rotatable bonds is 1. The van der Waals surface area contributed by atoms with Crippen molar-refractivity contribution in [1.29, 1.82) is 0 Å². The molecule has 3 nitrogen and oxygen atoms in total. The Morgan fingerprint density at radius 1 is 0.955 bits per heavy atom. The predicted molar refractivity (Wildman–Crippen MR) is 90.4 cm³/mol. The number of anilines is 1. The third kappa shape index (κ3) is 2.28. The highest BCUT2D eigenvalue weighted by molar-refractivity contribution is 9.10. The summed E-state index contributed by atoms with van der Waals surface area (Å²) >= 11 is 3.46. The minimum atomic E-state index is -0.279. The Morgan fingerprint density at radius 2 is 1.59 bits per heavy atom. The number of fused-ring (bicyclic) bond motifs is 1. The second-order valence-electron chi connectivity index (χ2n) is 6.41. The van der Waals surface area contributed by atoms with Gasteiger partial charge in [0, 0.05) is 4.47 Å². The van der Waals surface area contributed by atoms with Gasteiger partial charge in [0.2, 0.25) is 0 Å². The average Bonchev–Trinajstić information content (AvgIpc) is 2.71. The monoisotopic (exact) mass is 357 g/mol. The Kier molecular flexibility index (Phi) is 3.44. The summed E-state index contributed by atoms with van der Waals surface area (Å²) in [6, 6.07) is 12.8. The minimum Gasteiger partial charge on any atom is -0.268 e. The Balaban J connectivity index is 2.16. The third-order valence-corrected chi connectivity index (χ3v) is 4.45. The van der Waals surface area contributed by atoms with E-state index in [4.69, 9.17) is 0 Å². The first-order chi connectivity index (χ1) is 10.3. The fourth-order valence-electron chi connectivity index (χ4n) is 2.56. The van der Waals surface area contributed by atoms with Gasteiger partial charge >= 0.3 is 0 Å². The highest BCUT2D eigenvalue weighted by Gasteiger charge is 2.39. The topological polar surface area (TPSA) is 37.4 Å². The maximum atomic E-state index is 12.7. The maximum absolute atomic E-state index is 12.7. The highest BCUT2D eigenvalue weighted by atomic mass is 79.9. The van der Waals surface area contributed by atoms with E-state index in [0.717, 1.165) is 5.56 Å². The van der Waals surface area contributed by atoms with E-state index in [1.807, 2.05) is 30.3 Å². The van der Waals surface area contributed by atoms with Gasteiger partial charge in [-0.2, -0.15) is 0 Å². The molecule has 112 valence electrons. The van der Waals surface area contributed by atoms with Crippen molar-refractivity contribution in [2.75, 3.05) is 4.90 Å². The molecular weight excluding hydrogens is 342 g/mol. The average molecular weight is 358 g/mol. The molecule has 0 N–H and O–H groups in total. The number of carbonyl (C=O) groups excluding carboxylic acids is 2. The van der Waals surface area contributed by atoms with Gasteiger partial charge in [0.25, 0.3) is 11.8 Å². The Labute approximate surface area is 138 Å². The number of halogens is 1. The molecule has 0 saturated heterocycles. The molecule has 0 aliphatic carbocycles. The van der Waals surface area contributed by atoms with E-state index in [0.29, 0.717) is 21.3 Å². The number of imide groups is 1. The van der Waals surface area contributed by atoms with Gasteiger partial charge in [-0.25, -0.2) is 4.90 Å². The summed E-state index contributed by atoms with van der Waals surface area (Å²) in [7, 11) is 0. The summed E-state index contributed by atoms with van der Waals surface area (Å²) < 4.78 is 0.673. The van der Waals surface area contributed by atoms with Crippen LogP contribution in [0, 0.1) is 0 Å². The minimum absolute atomic E-state index is 0.0962. The summed E-state index contributed by atoms with van der Waals surface area (Å²) in [6.45, 7) is 6.24. The Bertz CT molecular complexity index is 776. The van der Waals surface area contributed by atoms with Crippen LogP contribution in [-0.4, -0.2) is 11.8 Å². The molecule has 0 atom stereocenters. The quantitative estimate of drug-likeness (QED) is 0.702. The zero-order valence-electron chi connectivity index (χ0n) is 12.7. The molecule has 0 aromatic heterocycles. The molecule has 0 saturated carbocycles. The van der Waals surface area contributed by atoms with Gasteiger partial charge < -0.3 is 0 Å². The molecular formula is C18H16BrNO2. The lowest BCUT2D eigenvalue weighted by atomic mass is 9.85. The van der Waals surface area contributed by atoms with Crippen molar-refractivity contribution in [2.45, 2.75) is 26.2 Å². The van der Waals surface area contributed by atoms with Crippen LogP contribution in [0.25, 0.3) is 0 Å². The number of amides is 2. The molecule has 2 aromatic rings. The van der Waals surface area contributed by atoms with E-state index in [1.165, 1.54) is 4.90 Å². The van der Waals surface area contributed by atoms with Gasteiger partial charge in [0.05, 0.1) is 16.8 Å². The number of carbonyl (C=O) groups is 2. The molecule has 2 amide bonds. The number of benzene rings is 2. The summed E-state index contributed by atoms with van der Waals surface area (Å²) in [5.41, 5.74) is 2.43. The first-order valence-electron chi connectivity index (χ1n) is 7.08. The van der Waals surface area contributed by atoms with Crippen LogP contribution in [0.1, 0.15) is 47.1 Å².